The van der Waals surface area contributed by atoms with E-state index in [0.29, 0.717) is 11.1 Å². The number of hydrogen-bond acceptors (Lipinski definition) is 2. The molecule has 106 valence electrons. The fourth-order valence-corrected chi connectivity index (χ4v) is 2.51. The maximum absolute atomic E-state index is 14.3. The zero-order valence-electron chi connectivity index (χ0n) is 11.5. The molecular formula is C17H14F2N2. The molecule has 0 bridgehead atoms. The van der Waals surface area contributed by atoms with Crippen molar-refractivity contribution in [2.45, 2.75) is 13.0 Å². The highest BCUT2D eigenvalue weighted by Crippen LogP contribution is 2.30. The minimum Gasteiger partial charge on any atom is -0.320 e. The number of fused-ring (bicyclic) bond motifs is 1. The van der Waals surface area contributed by atoms with Gasteiger partial charge in [0.1, 0.15) is 11.6 Å². The van der Waals surface area contributed by atoms with E-state index in [1.807, 2.05) is 24.3 Å². The van der Waals surface area contributed by atoms with E-state index in [-0.39, 0.29) is 5.56 Å². The molecule has 4 heteroatoms. The van der Waals surface area contributed by atoms with Crippen molar-refractivity contribution in [3.8, 4) is 0 Å². The number of halogens is 2. The lowest BCUT2D eigenvalue weighted by Gasteiger charge is -2.17. The number of benzene rings is 2. The standard InChI is InChI=1S/C17H14F2N2/c1-10-6-7-13(18)15(16(10)19)17(20)12-8-9-21-14-5-3-2-4-11(12)14/h2-9,17H,20H2,1H3. The van der Waals surface area contributed by atoms with Gasteiger partial charge in [-0.05, 0) is 36.2 Å². The van der Waals surface area contributed by atoms with Crippen molar-refractivity contribution in [2.24, 2.45) is 5.73 Å². The van der Waals surface area contributed by atoms with Crippen LogP contribution in [0.4, 0.5) is 8.78 Å². The van der Waals surface area contributed by atoms with Gasteiger partial charge >= 0.3 is 0 Å². The lowest BCUT2D eigenvalue weighted by atomic mass is 9.94. The molecule has 1 atom stereocenters. The van der Waals surface area contributed by atoms with E-state index >= 15 is 0 Å². The first kappa shape index (κ1) is 13.6. The molecule has 2 nitrogen and oxygen atoms in total. The summed E-state index contributed by atoms with van der Waals surface area (Å²) in [7, 11) is 0. The van der Waals surface area contributed by atoms with Crippen molar-refractivity contribution in [2.75, 3.05) is 0 Å². The molecule has 21 heavy (non-hydrogen) atoms. The molecule has 0 radical (unpaired) electrons. The van der Waals surface area contributed by atoms with Gasteiger partial charge in [-0.3, -0.25) is 4.98 Å². The summed E-state index contributed by atoms with van der Waals surface area (Å²) in [6, 6.07) is 10.9. The SMILES string of the molecule is Cc1ccc(F)c(C(N)c2ccnc3ccccc23)c1F. The van der Waals surface area contributed by atoms with E-state index in [2.05, 4.69) is 4.98 Å². The van der Waals surface area contributed by atoms with E-state index in [9.17, 15) is 8.78 Å². The van der Waals surface area contributed by atoms with Gasteiger partial charge in [-0.25, -0.2) is 8.78 Å². The molecule has 1 aromatic heterocycles. The van der Waals surface area contributed by atoms with Gasteiger partial charge in [0.05, 0.1) is 11.6 Å². The fraction of sp³-hybridized carbons (Fsp3) is 0.118. The average Bonchev–Trinajstić information content (AvgIpc) is 2.50. The molecule has 0 saturated carbocycles. The zero-order chi connectivity index (χ0) is 15.0. The largest absolute Gasteiger partial charge is 0.320 e. The zero-order valence-corrected chi connectivity index (χ0v) is 11.5. The van der Waals surface area contributed by atoms with E-state index in [1.54, 1.807) is 19.2 Å². The number of nitrogens with two attached hydrogens (primary N) is 1. The van der Waals surface area contributed by atoms with Crippen molar-refractivity contribution < 1.29 is 8.78 Å². The lowest BCUT2D eigenvalue weighted by Crippen LogP contribution is -2.17. The number of para-hydroxylation sites is 1. The van der Waals surface area contributed by atoms with Crippen molar-refractivity contribution in [1.82, 2.24) is 4.98 Å². The molecule has 0 aliphatic carbocycles. The summed E-state index contributed by atoms with van der Waals surface area (Å²) in [4.78, 5) is 4.24. The Labute approximate surface area is 121 Å². The Bertz CT molecular complexity index is 810. The minimum atomic E-state index is -0.877. The van der Waals surface area contributed by atoms with Crippen molar-refractivity contribution in [3.05, 3.63) is 77.0 Å². The molecule has 0 saturated heterocycles. The molecule has 1 heterocycles. The van der Waals surface area contributed by atoms with Crippen LogP contribution in [-0.4, -0.2) is 4.98 Å². The smallest absolute Gasteiger partial charge is 0.134 e. The molecule has 2 aromatic carbocycles. The van der Waals surface area contributed by atoms with Crippen LogP contribution in [0.2, 0.25) is 0 Å². The number of rotatable bonds is 2. The molecule has 0 fully saturated rings. The van der Waals surface area contributed by atoms with E-state index < -0.39 is 17.7 Å². The molecular weight excluding hydrogens is 270 g/mol. The summed E-state index contributed by atoms with van der Waals surface area (Å²) in [5.74, 6) is -1.23. The third kappa shape index (κ3) is 2.28. The second-order valence-corrected chi connectivity index (χ2v) is 4.99. The van der Waals surface area contributed by atoms with Gasteiger partial charge in [0.15, 0.2) is 0 Å². The number of nitrogens with zero attached hydrogens (tertiary/aromatic N) is 1. The molecule has 1 unspecified atom stereocenters. The number of pyridine rings is 1. The highest BCUT2D eigenvalue weighted by Gasteiger charge is 2.21. The summed E-state index contributed by atoms with van der Waals surface area (Å²) in [6.45, 7) is 1.59. The Balaban J connectivity index is 2.22. The van der Waals surface area contributed by atoms with Gasteiger partial charge in [0.25, 0.3) is 0 Å². The Hall–Kier alpha value is -2.33. The first-order valence-corrected chi connectivity index (χ1v) is 6.63. The minimum absolute atomic E-state index is 0.105. The molecule has 0 aliphatic heterocycles. The number of aryl methyl sites for hydroxylation is 1. The Morgan fingerprint density at radius 3 is 2.62 bits per heavy atom. The molecule has 0 aliphatic rings. The van der Waals surface area contributed by atoms with Gasteiger partial charge in [-0.15, -0.1) is 0 Å². The van der Waals surface area contributed by atoms with Crippen LogP contribution in [-0.2, 0) is 0 Å². The van der Waals surface area contributed by atoms with Gasteiger partial charge in [0.2, 0.25) is 0 Å². The molecule has 3 aromatic rings. The maximum Gasteiger partial charge on any atom is 0.134 e. The van der Waals surface area contributed by atoms with Crippen LogP contribution in [0.3, 0.4) is 0 Å². The summed E-state index contributed by atoms with van der Waals surface area (Å²) >= 11 is 0. The van der Waals surface area contributed by atoms with Crippen LogP contribution in [0.5, 0.6) is 0 Å². The van der Waals surface area contributed by atoms with E-state index in [0.717, 1.165) is 10.9 Å². The fourth-order valence-electron chi connectivity index (χ4n) is 2.51. The summed E-state index contributed by atoms with van der Waals surface area (Å²) < 4.78 is 28.3. The summed E-state index contributed by atoms with van der Waals surface area (Å²) in [6.07, 6.45) is 1.60. The molecule has 0 amide bonds. The van der Waals surface area contributed by atoms with Crippen LogP contribution in [0.25, 0.3) is 10.9 Å². The Morgan fingerprint density at radius 1 is 1.05 bits per heavy atom. The third-order valence-electron chi connectivity index (χ3n) is 3.65. The predicted octanol–water partition coefficient (Wildman–Crippen LogP) is 3.87. The highest BCUT2D eigenvalue weighted by molar-refractivity contribution is 5.82. The topological polar surface area (TPSA) is 38.9 Å². The van der Waals surface area contributed by atoms with Gasteiger partial charge in [-0.2, -0.15) is 0 Å². The van der Waals surface area contributed by atoms with Crippen molar-refractivity contribution in [1.29, 1.82) is 0 Å². The van der Waals surface area contributed by atoms with Crippen LogP contribution in [0, 0.1) is 18.6 Å². The summed E-state index contributed by atoms with van der Waals surface area (Å²) in [5, 5.41) is 0.799. The quantitative estimate of drug-likeness (QED) is 0.776. The predicted molar refractivity (Wildman–Crippen MR) is 78.9 cm³/mol. The first-order valence-electron chi connectivity index (χ1n) is 6.63. The number of hydrogen-bond donors (Lipinski definition) is 1. The second kappa shape index (κ2) is 5.22. The first-order chi connectivity index (χ1) is 10.1. The average molecular weight is 284 g/mol. The molecule has 0 spiro atoms. The van der Waals surface area contributed by atoms with Crippen molar-refractivity contribution >= 4 is 10.9 Å². The Morgan fingerprint density at radius 2 is 1.81 bits per heavy atom. The summed E-state index contributed by atoms with van der Waals surface area (Å²) in [5.41, 5.74) is 7.82. The monoisotopic (exact) mass is 284 g/mol. The van der Waals surface area contributed by atoms with Crippen LogP contribution in [0.15, 0.2) is 48.7 Å². The van der Waals surface area contributed by atoms with E-state index in [1.165, 1.54) is 12.1 Å². The molecule has 3 rings (SSSR count). The normalized spacial score (nSPS) is 12.6. The van der Waals surface area contributed by atoms with E-state index in [4.69, 9.17) is 5.73 Å². The third-order valence-corrected chi connectivity index (χ3v) is 3.65. The Kier molecular flexibility index (Phi) is 3.39. The highest BCUT2D eigenvalue weighted by atomic mass is 19.1. The maximum atomic E-state index is 14.3. The van der Waals surface area contributed by atoms with Crippen LogP contribution in [0.1, 0.15) is 22.7 Å². The van der Waals surface area contributed by atoms with Crippen LogP contribution >= 0.6 is 0 Å². The number of aromatic nitrogens is 1. The van der Waals surface area contributed by atoms with Gasteiger partial charge in [0, 0.05) is 17.1 Å². The molecule has 2 N–H and O–H groups in total. The lowest BCUT2D eigenvalue weighted by molar-refractivity contribution is 0.538. The van der Waals surface area contributed by atoms with Crippen LogP contribution < -0.4 is 5.73 Å². The van der Waals surface area contributed by atoms with Crippen molar-refractivity contribution in [3.63, 3.8) is 0 Å². The van der Waals surface area contributed by atoms with Gasteiger partial charge in [-0.1, -0.05) is 24.3 Å². The van der Waals surface area contributed by atoms with Gasteiger partial charge < -0.3 is 5.73 Å². The second-order valence-electron chi connectivity index (χ2n) is 4.99.